The van der Waals surface area contributed by atoms with Crippen LogP contribution in [0.3, 0.4) is 0 Å². The van der Waals surface area contributed by atoms with Crippen LogP contribution in [0.1, 0.15) is 42.7 Å². The van der Waals surface area contributed by atoms with Crippen LogP contribution in [0.5, 0.6) is 0 Å². The van der Waals surface area contributed by atoms with Crippen molar-refractivity contribution in [2.24, 2.45) is 0 Å². The second kappa shape index (κ2) is 9.36. The molecule has 8 nitrogen and oxygen atoms in total. The number of anilines is 2. The molecule has 0 spiro atoms. The zero-order valence-corrected chi connectivity index (χ0v) is 17.1. The Hall–Kier alpha value is -3.16. The van der Waals surface area contributed by atoms with E-state index >= 15 is 0 Å². The summed E-state index contributed by atoms with van der Waals surface area (Å²) in [5, 5.41) is 3.19. The standard InChI is InChI=1S/C21H27N5O3/c1-4-29-21(28)26-11-9-25(10-12-26)20(27)18-13-23-19(14-22-18)24-17-7-5-16(6-8-17)15(2)3/h5-8,13-15H,4,9-12H2,1-3H3,(H,23,24). The topological polar surface area (TPSA) is 87.7 Å². The molecule has 0 aliphatic carbocycles. The van der Waals surface area contributed by atoms with E-state index in [1.54, 1.807) is 22.9 Å². The van der Waals surface area contributed by atoms with Gasteiger partial charge in [-0.1, -0.05) is 26.0 Å². The first-order valence-corrected chi connectivity index (χ1v) is 9.88. The molecule has 3 rings (SSSR count). The van der Waals surface area contributed by atoms with Crippen LogP contribution in [0.2, 0.25) is 0 Å². The van der Waals surface area contributed by atoms with E-state index in [0.29, 0.717) is 44.5 Å². The molecule has 0 saturated carbocycles. The Kier molecular flexibility index (Phi) is 6.64. The number of aromatic nitrogens is 2. The first kappa shape index (κ1) is 20.6. The molecule has 2 heterocycles. The molecule has 1 saturated heterocycles. The number of nitrogens with one attached hydrogen (secondary N) is 1. The van der Waals surface area contributed by atoms with Crippen LogP contribution in [0.4, 0.5) is 16.3 Å². The molecule has 1 aliphatic heterocycles. The van der Waals surface area contributed by atoms with E-state index in [9.17, 15) is 9.59 Å². The van der Waals surface area contributed by atoms with E-state index in [4.69, 9.17) is 4.74 Å². The van der Waals surface area contributed by atoms with Gasteiger partial charge in [-0.15, -0.1) is 0 Å². The highest BCUT2D eigenvalue weighted by Gasteiger charge is 2.26. The fraction of sp³-hybridized carbons (Fsp3) is 0.429. The third-order valence-electron chi connectivity index (χ3n) is 4.81. The van der Waals surface area contributed by atoms with E-state index < -0.39 is 0 Å². The fourth-order valence-corrected chi connectivity index (χ4v) is 3.07. The first-order valence-electron chi connectivity index (χ1n) is 9.88. The van der Waals surface area contributed by atoms with Crippen molar-refractivity contribution in [3.63, 3.8) is 0 Å². The van der Waals surface area contributed by atoms with Gasteiger partial charge in [0, 0.05) is 31.9 Å². The molecule has 1 fully saturated rings. The third-order valence-corrected chi connectivity index (χ3v) is 4.81. The number of rotatable bonds is 5. The smallest absolute Gasteiger partial charge is 0.409 e. The largest absolute Gasteiger partial charge is 0.450 e. The Morgan fingerprint density at radius 1 is 1.03 bits per heavy atom. The molecule has 2 amide bonds. The van der Waals surface area contributed by atoms with Gasteiger partial charge >= 0.3 is 6.09 Å². The van der Waals surface area contributed by atoms with E-state index in [1.807, 2.05) is 12.1 Å². The summed E-state index contributed by atoms with van der Waals surface area (Å²) in [6, 6.07) is 8.15. The molecule has 1 aromatic heterocycles. The molecule has 29 heavy (non-hydrogen) atoms. The maximum Gasteiger partial charge on any atom is 0.409 e. The lowest BCUT2D eigenvalue weighted by Crippen LogP contribution is -2.50. The zero-order chi connectivity index (χ0) is 20.8. The minimum atomic E-state index is -0.337. The quantitative estimate of drug-likeness (QED) is 0.833. The highest BCUT2D eigenvalue weighted by molar-refractivity contribution is 5.92. The number of carbonyl (C=O) groups is 2. The third kappa shape index (κ3) is 5.22. The zero-order valence-electron chi connectivity index (χ0n) is 17.1. The Bertz CT molecular complexity index is 828. The summed E-state index contributed by atoms with van der Waals surface area (Å²) in [6.07, 6.45) is 2.69. The van der Waals surface area contributed by atoms with E-state index in [1.165, 1.54) is 11.8 Å². The predicted octanol–water partition coefficient (Wildman–Crippen LogP) is 3.26. The maximum absolute atomic E-state index is 12.6. The van der Waals surface area contributed by atoms with Gasteiger partial charge in [0.25, 0.3) is 5.91 Å². The van der Waals surface area contributed by atoms with Crippen LogP contribution in [0.15, 0.2) is 36.7 Å². The average Bonchev–Trinajstić information content (AvgIpc) is 2.74. The van der Waals surface area contributed by atoms with Crippen molar-refractivity contribution in [2.75, 3.05) is 38.1 Å². The highest BCUT2D eigenvalue weighted by atomic mass is 16.6. The predicted molar refractivity (Wildman–Crippen MR) is 110 cm³/mol. The van der Waals surface area contributed by atoms with Crippen LogP contribution in [0, 0.1) is 0 Å². The van der Waals surface area contributed by atoms with E-state index in [0.717, 1.165) is 5.69 Å². The normalized spacial score (nSPS) is 14.1. The Morgan fingerprint density at radius 2 is 1.69 bits per heavy atom. The van der Waals surface area contributed by atoms with Gasteiger partial charge in [-0.3, -0.25) is 4.79 Å². The van der Waals surface area contributed by atoms with Crippen LogP contribution in [0.25, 0.3) is 0 Å². The van der Waals surface area contributed by atoms with Crippen molar-refractivity contribution < 1.29 is 14.3 Å². The lowest BCUT2D eigenvalue weighted by Gasteiger charge is -2.33. The number of nitrogens with zero attached hydrogens (tertiary/aromatic N) is 4. The first-order chi connectivity index (χ1) is 14.0. The molecule has 0 unspecified atom stereocenters. The lowest BCUT2D eigenvalue weighted by atomic mass is 10.0. The second-order valence-electron chi connectivity index (χ2n) is 7.17. The van der Waals surface area contributed by atoms with Gasteiger partial charge in [-0.05, 0) is 30.5 Å². The molecule has 1 aromatic carbocycles. The van der Waals surface area contributed by atoms with Gasteiger partial charge in [0.05, 0.1) is 19.0 Å². The molecule has 2 aromatic rings. The molecule has 0 radical (unpaired) electrons. The van der Waals surface area contributed by atoms with Gasteiger partial charge in [-0.2, -0.15) is 0 Å². The van der Waals surface area contributed by atoms with E-state index in [2.05, 4.69) is 41.3 Å². The molecule has 0 bridgehead atoms. The summed E-state index contributed by atoms with van der Waals surface area (Å²) in [4.78, 5) is 36.2. The number of hydrogen-bond donors (Lipinski definition) is 1. The van der Waals surface area contributed by atoms with Crippen molar-refractivity contribution in [3.05, 3.63) is 47.9 Å². The van der Waals surface area contributed by atoms with Crippen molar-refractivity contribution in [3.8, 4) is 0 Å². The molecule has 0 atom stereocenters. The summed E-state index contributed by atoms with van der Waals surface area (Å²) >= 11 is 0. The van der Waals surface area contributed by atoms with Crippen molar-refractivity contribution >= 4 is 23.5 Å². The molecule has 8 heteroatoms. The number of piperazine rings is 1. The number of hydrogen-bond acceptors (Lipinski definition) is 6. The van der Waals surface area contributed by atoms with Gasteiger partial charge in [0.15, 0.2) is 0 Å². The maximum atomic E-state index is 12.6. The summed E-state index contributed by atoms with van der Waals surface area (Å²) in [5.41, 5.74) is 2.47. The summed E-state index contributed by atoms with van der Waals surface area (Å²) in [6.45, 7) is 8.21. The van der Waals surface area contributed by atoms with Crippen LogP contribution in [-0.4, -0.2) is 64.6 Å². The van der Waals surface area contributed by atoms with Crippen LogP contribution >= 0.6 is 0 Å². The number of carbonyl (C=O) groups excluding carboxylic acids is 2. The molecule has 1 N–H and O–H groups in total. The van der Waals surface area contributed by atoms with Crippen molar-refractivity contribution in [1.29, 1.82) is 0 Å². The SMILES string of the molecule is CCOC(=O)N1CCN(C(=O)c2cnc(Nc3ccc(C(C)C)cc3)cn2)CC1. The van der Waals surface area contributed by atoms with Crippen molar-refractivity contribution in [2.45, 2.75) is 26.7 Å². The summed E-state index contributed by atoms with van der Waals surface area (Å²) < 4.78 is 5.00. The summed E-state index contributed by atoms with van der Waals surface area (Å²) in [7, 11) is 0. The van der Waals surface area contributed by atoms with Crippen molar-refractivity contribution in [1.82, 2.24) is 19.8 Å². The lowest BCUT2D eigenvalue weighted by molar-refractivity contribution is 0.0565. The number of ether oxygens (including phenoxy) is 1. The van der Waals surface area contributed by atoms with Gasteiger partial charge in [0.2, 0.25) is 0 Å². The highest BCUT2D eigenvalue weighted by Crippen LogP contribution is 2.19. The minimum Gasteiger partial charge on any atom is -0.450 e. The summed E-state index contributed by atoms with van der Waals surface area (Å²) in [5.74, 6) is 0.869. The molecule has 154 valence electrons. The second-order valence-corrected chi connectivity index (χ2v) is 7.17. The van der Waals surface area contributed by atoms with Gasteiger partial charge in [-0.25, -0.2) is 14.8 Å². The average molecular weight is 397 g/mol. The number of benzene rings is 1. The van der Waals surface area contributed by atoms with E-state index in [-0.39, 0.29) is 17.7 Å². The number of amides is 2. The Balaban J connectivity index is 1.56. The van der Waals surface area contributed by atoms with Crippen LogP contribution < -0.4 is 5.32 Å². The van der Waals surface area contributed by atoms with Crippen LogP contribution in [-0.2, 0) is 4.74 Å². The monoisotopic (exact) mass is 397 g/mol. The molecular weight excluding hydrogens is 370 g/mol. The minimum absolute atomic E-state index is 0.186. The molecule has 1 aliphatic rings. The van der Waals surface area contributed by atoms with Gasteiger partial charge in [0.1, 0.15) is 11.5 Å². The van der Waals surface area contributed by atoms with Gasteiger partial charge < -0.3 is 19.9 Å². The molecular formula is C21H27N5O3. The Labute approximate surface area is 170 Å². The fourth-order valence-electron chi connectivity index (χ4n) is 3.07. The Morgan fingerprint density at radius 3 is 2.24 bits per heavy atom.